The van der Waals surface area contributed by atoms with E-state index in [-0.39, 0.29) is 12.1 Å². The number of rotatable bonds is 5. The third-order valence-electron chi connectivity index (χ3n) is 3.08. The molecule has 112 valence electrons. The van der Waals surface area contributed by atoms with Crippen LogP contribution in [0.15, 0.2) is 16.6 Å². The SMILES string of the molecule is COc1cc(Br)c(NC(=O)NC(C)C(C)C)cc1OC. The summed E-state index contributed by atoms with van der Waals surface area (Å²) in [7, 11) is 3.12. The predicted molar refractivity (Wildman–Crippen MR) is 83.7 cm³/mol. The van der Waals surface area contributed by atoms with Crippen molar-refractivity contribution in [3.8, 4) is 11.5 Å². The van der Waals surface area contributed by atoms with E-state index in [1.807, 2.05) is 6.92 Å². The number of benzene rings is 1. The first-order valence-corrected chi connectivity index (χ1v) is 7.17. The molecular formula is C14H21BrN2O3. The monoisotopic (exact) mass is 344 g/mol. The molecule has 0 fully saturated rings. The fourth-order valence-corrected chi connectivity index (χ4v) is 1.90. The number of urea groups is 1. The average Bonchev–Trinajstić information content (AvgIpc) is 2.40. The summed E-state index contributed by atoms with van der Waals surface area (Å²) in [5.41, 5.74) is 0.621. The van der Waals surface area contributed by atoms with Gasteiger partial charge in [0.2, 0.25) is 0 Å². The quantitative estimate of drug-likeness (QED) is 0.857. The second-order valence-corrected chi connectivity index (χ2v) is 5.67. The number of amides is 2. The molecule has 0 heterocycles. The Kier molecular flexibility index (Phi) is 6.13. The normalized spacial score (nSPS) is 11.9. The average molecular weight is 345 g/mol. The predicted octanol–water partition coefficient (Wildman–Crippen LogP) is 3.63. The van der Waals surface area contributed by atoms with E-state index in [1.165, 1.54) is 0 Å². The topological polar surface area (TPSA) is 59.6 Å². The molecule has 0 radical (unpaired) electrons. The number of hydrogen-bond acceptors (Lipinski definition) is 3. The molecule has 1 unspecified atom stereocenters. The molecule has 0 spiro atoms. The number of halogens is 1. The van der Waals surface area contributed by atoms with Crippen molar-refractivity contribution in [3.05, 3.63) is 16.6 Å². The third-order valence-corrected chi connectivity index (χ3v) is 3.74. The van der Waals surface area contributed by atoms with Crippen LogP contribution in [0, 0.1) is 5.92 Å². The number of carbonyl (C=O) groups is 1. The van der Waals surface area contributed by atoms with Gasteiger partial charge in [0.25, 0.3) is 0 Å². The molecule has 0 bridgehead atoms. The van der Waals surface area contributed by atoms with Crippen molar-refractivity contribution in [3.63, 3.8) is 0 Å². The molecule has 2 amide bonds. The molecule has 0 saturated heterocycles. The lowest BCUT2D eigenvalue weighted by Gasteiger charge is -2.19. The van der Waals surface area contributed by atoms with Gasteiger partial charge >= 0.3 is 6.03 Å². The first-order valence-electron chi connectivity index (χ1n) is 6.38. The van der Waals surface area contributed by atoms with Crippen LogP contribution in [0.4, 0.5) is 10.5 Å². The van der Waals surface area contributed by atoms with Gasteiger partial charge in [0.15, 0.2) is 11.5 Å². The largest absolute Gasteiger partial charge is 0.493 e. The van der Waals surface area contributed by atoms with Gasteiger partial charge in [-0.3, -0.25) is 0 Å². The number of carbonyl (C=O) groups excluding carboxylic acids is 1. The minimum Gasteiger partial charge on any atom is -0.493 e. The molecule has 0 aromatic heterocycles. The van der Waals surface area contributed by atoms with E-state index in [4.69, 9.17) is 9.47 Å². The van der Waals surface area contributed by atoms with E-state index >= 15 is 0 Å². The summed E-state index contributed by atoms with van der Waals surface area (Å²) in [5, 5.41) is 5.67. The van der Waals surface area contributed by atoms with Gasteiger partial charge in [-0.25, -0.2) is 4.79 Å². The van der Waals surface area contributed by atoms with Gasteiger partial charge < -0.3 is 20.1 Å². The molecule has 2 N–H and O–H groups in total. The standard InChI is InChI=1S/C14H21BrN2O3/c1-8(2)9(3)16-14(18)17-11-7-13(20-5)12(19-4)6-10(11)15/h6-9H,1-5H3,(H2,16,17,18). The lowest BCUT2D eigenvalue weighted by atomic mass is 10.1. The molecule has 20 heavy (non-hydrogen) atoms. The van der Waals surface area contributed by atoms with E-state index in [9.17, 15) is 4.79 Å². The van der Waals surface area contributed by atoms with E-state index in [0.717, 1.165) is 4.47 Å². The second kappa shape index (κ2) is 7.38. The molecule has 0 aliphatic rings. The highest BCUT2D eigenvalue weighted by Gasteiger charge is 2.14. The minimum atomic E-state index is -0.251. The van der Waals surface area contributed by atoms with Crippen LogP contribution in [0.1, 0.15) is 20.8 Å². The molecule has 6 heteroatoms. The minimum absolute atomic E-state index is 0.0916. The first-order chi connectivity index (χ1) is 9.38. The Labute approximate surface area is 128 Å². The maximum atomic E-state index is 11.9. The molecule has 0 saturated carbocycles. The molecule has 0 aliphatic heterocycles. The van der Waals surface area contributed by atoms with Gasteiger partial charge in [0.05, 0.1) is 19.9 Å². The zero-order chi connectivity index (χ0) is 15.3. The molecular weight excluding hydrogens is 324 g/mol. The Balaban J connectivity index is 2.84. The van der Waals surface area contributed by atoms with Gasteiger partial charge in [-0.15, -0.1) is 0 Å². The Morgan fingerprint density at radius 1 is 1.15 bits per heavy atom. The summed E-state index contributed by atoms with van der Waals surface area (Å²) in [6, 6.07) is 3.30. The molecule has 1 aromatic carbocycles. The Bertz CT molecular complexity index is 478. The van der Waals surface area contributed by atoms with Gasteiger partial charge in [-0.05, 0) is 28.8 Å². The number of methoxy groups -OCH3 is 2. The molecule has 5 nitrogen and oxygen atoms in total. The zero-order valence-corrected chi connectivity index (χ0v) is 14.0. The van der Waals surface area contributed by atoms with Crippen LogP contribution in [0.2, 0.25) is 0 Å². The van der Waals surface area contributed by atoms with Crippen molar-refractivity contribution in [2.45, 2.75) is 26.8 Å². The summed E-state index contributed by atoms with van der Waals surface area (Å²) in [4.78, 5) is 11.9. The summed E-state index contributed by atoms with van der Waals surface area (Å²) >= 11 is 3.40. The summed E-state index contributed by atoms with van der Waals surface area (Å²) < 4.78 is 11.1. The maximum absolute atomic E-state index is 11.9. The van der Waals surface area contributed by atoms with Crippen molar-refractivity contribution in [2.24, 2.45) is 5.92 Å². The molecule has 1 aromatic rings. The van der Waals surface area contributed by atoms with Crippen LogP contribution in [0.3, 0.4) is 0 Å². The van der Waals surface area contributed by atoms with Crippen molar-refractivity contribution >= 4 is 27.6 Å². The molecule has 1 atom stereocenters. The van der Waals surface area contributed by atoms with Crippen molar-refractivity contribution in [2.75, 3.05) is 19.5 Å². The van der Waals surface area contributed by atoms with E-state index in [0.29, 0.717) is 23.1 Å². The number of ether oxygens (including phenoxy) is 2. The Morgan fingerprint density at radius 3 is 2.20 bits per heavy atom. The molecule has 0 aliphatic carbocycles. The van der Waals surface area contributed by atoms with Gasteiger partial charge in [-0.2, -0.15) is 0 Å². The van der Waals surface area contributed by atoms with Gasteiger partial charge in [-0.1, -0.05) is 13.8 Å². The first kappa shape index (κ1) is 16.6. The van der Waals surface area contributed by atoms with Gasteiger partial charge in [0.1, 0.15) is 0 Å². The van der Waals surface area contributed by atoms with Crippen molar-refractivity contribution < 1.29 is 14.3 Å². The number of nitrogens with one attached hydrogen (secondary N) is 2. The van der Waals surface area contributed by atoms with E-state index in [2.05, 4.69) is 40.4 Å². The lowest BCUT2D eigenvalue weighted by Crippen LogP contribution is -2.39. The van der Waals surface area contributed by atoms with Crippen LogP contribution < -0.4 is 20.1 Å². The Morgan fingerprint density at radius 2 is 1.70 bits per heavy atom. The number of anilines is 1. The highest BCUT2D eigenvalue weighted by Crippen LogP contribution is 2.36. The second-order valence-electron chi connectivity index (χ2n) is 4.82. The zero-order valence-electron chi connectivity index (χ0n) is 12.4. The fourth-order valence-electron chi connectivity index (χ4n) is 1.48. The highest BCUT2D eigenvalue weighted by molar-refractivity contribution is 9.10. The highest BCUT2D eigenvalue weighted by atomic mass is 79.9. The van der Waals surface area contributed by atoms with Crippen LogP contribution in [0.25, 0.3) is 0 Å². The maximum Gasteiger partial charge on any atom is 0.319 e. The van der Waals surface area contributed by atoms with Crippen LogP contribution in [-0.4, -0.2) is 26.3 Å². The van der Waals surface area contributed by atoms with Crippen molar-refractivity contribution in [1.29, 1.82) is 0 Å². The van der Waals surface area contributed by atoms with Crippen molar-refractivity contribution in [1.82, 2.24) is 5.32 Å². The third kappa shape index (κ3) is 4.30. The van der Waals surface area contributed by atoms with Crippen LogP contribution in [-0.2, 0) is 0 Å². The van der Waals surface area contributed by atoms with Crippen LogP contribution >= 0.6 is 15.9 Å². The number of hydrogen-bond donors (Lipinski definition) is 2. The summed E-state index contributed by atoms with van der Waals surface area (Å²) in [6.07, 6.45) is 0. The summed E-state index contributed by atoms with van der Waals surface area (Å²) in [6.45, 7) is 6.07. The smallest absolute Gasteiger partial charge is 0.319 e. The van der Waals surface area contributed by atoms with E-state index in [1.54, 1.807) is 26.4 Å². The Hall–Kier alpha value is -1.43. The van der Waals surface area contributed by atoms with E-state index < -0.39 is 0 Å². The fraction of sp³-hybridized carbons (Fsp3) is 0.500. The summed E-state index contributed by atoms with van der Waals surface area (Å²) in [5.74, 6) is 1.53. The van der Waals surface area contributed by atoms with Gasteiger partial charge in [0, 0.05) is 22.6 Å². The lowest BCUT2D eigenvalue weighted by molar-refractivity contribution is 0.246. The molecule has 1 rings (SSSR count). The van der Waals surface area contributed by atoms with Crippen LogP contribution in [0.5, 0.6) is 11.5 Å².